The Labute approximate surface area is 91.1 Å². The molecule has 0 radical (unpaired) electrons. The van der Waals surface area contributed by atoms with E-state index in [0.717, 1.165) is 12.7 Å². The molecule has 5 heteroatoms. The van der Waals surface area contributed by atoms with Gasteiger partial charge in [-0.15, -0.1) is 0 Å². The summed E-state index contributed by atoms with van der Waals surface area (Å²) in [5.41, 5.74) is 15.6. The van der Waals surface area contributed by atoms with E-state index >= 15 is 0 Å². The molecule has 0 bridgehead atoms. The van der Waals surface area contributed by atoms with Crippen LogP contribution < -0.4 is 17.2 Å². The minimum Gasteiger partial charge on any atom is -0.370 e. The van der Waals surface area contributed by atoms with E-state index in [4.69, 9.17) is 17.2 Å². The molecule has 0 fully saturated rings. The zero-order valence-electron chi connectivity index (χ0n) is 9.57. The van der Waals surface area contributed by atoms with Gasteiger partial charge in [-0.05, 0) is 25.2 Å². The topological polar surface area (TPSA) is 107 Å². The fourth-order valence-electron chi connectivity index (χ4n) is 1.59. The fraction of sp³-hybridized carbons (Fsp3) is 0.800. The molecule has 0 unspecified atom stereocenters. The van der Waals surface area contributed by atoms with Gasteiger partial charge in [-0.1, -0.05) is 13.8 Å². The van der Waals surface area contributed by atoms with Crippen LogP contribution in [0.15, 0.2) is 4.99 Å². The van der Waals surface area contributed by atoms with E-state index in [1.54, 1.807) is 0 Å². The summed E-state index contributed by atoms with van der Waals surface area (Å²) in [6.45, 7) is 4.61. The number of nitrogens with two attached hydrogens (primary N) is 3. The van der Waals surface area contributed by atoms with Gasteiger partial charge >= 0.3 is 0 Å². The quantitative estimate of drug-likeness (QED) is 0.239. The van der Waals surface area contributed by atoms with Crippen LogP contribution in [0.2, 0.25) is 0 Å². The molecule has 6 N–H and O–H groups in total. The third-order valence-electron chi connectivity index (χ3n) is 2.12. The van der Waals surface area contributed by atoms with E-state index in [-0.39, 0.29) is 5.96 Å². The largest absolute Gasteiger partial charge is 0.370 e. The highest BCUT2D eigenvalue weighted by Crippen LogP contribution is 2.17. The number of guanidine groups is 1. The number of carbonyl (C=O) groups excluding carboxylic acids is 1. The van der Waals surface area contributed by atoms with Crippen molar-refractivity contribution in [1.82, 2.24) is 0 Å². The Morgan fingerprint density at radius 3 is 2.47 bits per heavy atom. The van der Waals surface area contributed by atoms with Gasteiger partial charge in [-0.2, -0.15) is 0 Å². The molecule has 5 nitrogen and oxygen atoms in total. The molecule has 0 heterocycles. The number of aldehydes is 1. The Hall–Kier alpha value is -1.10. The number of nitrogens with zero attached hydrogens (tertiary/aromatic N) is 1. The van der Waals surface area contributed by atoms with Gasteiger partial charge in [0.15, 0.2) is 5.96 Å². The van der Waals surface area contributed by atoms with Crippen molar-refractivity contribution in [2.24, 2.45) is 28.1 Å². The normalized spacial score (nSPS) is 14.7. The summed E-state index contributed by atoms with van der Waals surface area (Å²) < 4.78 is 0. The summed E-state index contributed by atoms with van der Waals surface area (Å²) in [4.78, 5) is 14.7. The van der Waals surface area contributed by atoms with E-state index in [1.807, 2.05) is 13.8 Å². The lowest BCUT2D eigenvalue weighted by Crippen LogP contribution is -2.43. The Morgan fingerprint density at radius 2 is 2.07 bits per heavy atom. The van der Waals surface area contributed by atoms with Gasteiger partial charge in [0.05, 0.1) is 5.54 Å². The first-order chi connectivity index (χ1) is 6.89. The number of carbonyl (C=O) groups is 1. The van der Waals surface area contributed by atoms with Gasteiger partial charge in [-0.25, -0.2) is 0 Å². The van der Waals surface area contributed by atoms with Crippen molar-refractivity contribution in [2.75, 3.05) is 6.54 Å². The van der Waals surface area contributed by atoms with Gasteiger partial charge in [0.2, 0.25) is 0 Å². The molecule has 1 atom stereocenters. The Bertz CT molecular complexity index is 223. The summed E-state index contributed by atoms with van der Waals surface area (Å²) in [7, 11) is 0. The monoisotopic (exact) mass is 214 g/mol. The van der Waals surface area contributed by atoms with Crippen LogP contribution >= 0.6 is 0 Å². The van der Waals surface area contributed by atoms with E-state index in [9.17, 15) is 4.79 Å². The SMILES string of the molecule is CC(C)C[C@@](N)(C=O)CCCN=C(N)N. The van der Waals surface area contributed by atoms with Crippen LogP contribution in [0.4, 0.5) is 0 Å². The standard InChI is InChI=1S/C10H22N4O/c1-8(2)6-10(13,7-15)4-3-5-14-9(11)12/h7-8H,3-6,13H2,1-2H3,(H4,11,12,14)/t10-/m1/s1. The van der Waals surface area contributed by atoms with Crippen LogP contribution in [-0.2, 0) is 4.79 Å². The number of rotatable bonds is 7. The Morgan fingerprint density at radius 1 is 1.47 bits per heavy atom. The summed E-state index contributed by atoms with van der Waals surface area (Å²) in [6.07, 6.45) is 2.87. The van der Waals surface area contributed by atoms with E-state index in [2.05, 4.69) is 4.99 Å². The second kappa shape index (κ2) is 6.40. The predicted octanol–water partition coefficient (Wildman–Crippen LogP) is -0.0175. The third-order valence-corrected chi connectivity index (χ3v) is 2.12. The second-order valence-corrected chi connectivity index (χ2v) is 4.36. The minimum absolute atomic E-state index is 0.0765. The van der Waals surface area contributed by atoms with Crippen molar-refractivity contribution < 1.29 is 4.79 Å². The highest BCUT2D eigenvalue weighted by molar-refractivity contribution is 5.75. The van der Waals surface area contributed by atoms with Crippen molar-refractivity contribution in [3.8, 4) is 0 Å². The maximum absolute atomic E-state index is 10.9. The lowest BCUT2D eigenvalue weighted by atomic mass is 9.87. The average Bonchev–Trinajstić information content (AvgIpc) is 2.11. The molecule has 0 aromatic heterocycles. The van der Waals surface area contributed by atoms with E-state index in [1.165, 1.54) is 0 Å². The highest BCUT2D eigenvalue weighted by Gasteiger charge is 2.24. The molecule has 15 heavy (non-hydrogen) atoms. The molecule has 0 aromatic rings. The molecule has 0 saturated heterocycles. The number of aliphatic imine (C=N–C) groups is 1. The maximum atomic E-state index is 10.9. The van der Waals surface area contributed by atoms with Crippen LogP contribution in [0, 0.1) is 5.92 Å². The Kier molecular flexibility index (Phi) is 5.93. The lowest BCUT2D eigenvalue weighted by Gasteiger charge is -2.24. The van der Waals surface area contributed by atoms with Crippen molar-refractivity contribution in [1.29, 1.82) is 0 Å². The average molecular weight is 214 g/mol. The van der Waals surface area contributed by atoms with Crippen LogP contribution in [-0.4, -0.2) is 24.3 Å². The summed E-state index contributed by atoms with van der Waals surface area (Å²) in [5.74, 6) is 0.482. The molecule has 0 spiro atoms. The molecule has 0 aromatic carbocycles. The summed E-state index contributed by atoms with van der Waals surface area (Å²) in [5, 5.41) is 0. The van der Waals surface area contributed by atoms with Gasteiger partial charge in [0, 0.05) is 6.54 Å². The lowest BCUT2D eigenvalue weighted by molar-refractivity contribution is -0.113. The molecule has 0 amide bonds. The summed E-state index contributed by atoms with van der Waals surface area (Å²) >= 11 is 0. The smallest absolute Gasteiger partial charge is 0.185 e. The van der Waals surface area contributed by atoms with Gasteiger partial charge in [0.1, 0.15) is 6.29 Å². The van der Waals surface area contributed by atoms with Gasteiger partial charge < -0.3 is 22.0 Å². The van der Waals surface area contributed by atoms with Crippen LogP contribution in [0.5, 0.6) is 0 Å². The first-order valence-corrected chi connectivity index (χ1v) is 5.20. The highest BCUT2D eigenvalue weighted by atomic mass is 16.1. The number of hydrogen-bond donors (Lipinski definition) is 3. The first-order valence-electron chi connectivity index (χ1n) is 5.20. The zero-order valence-corrected chi connectivity index (χ0v) is 9.57. The predicted molar refractivity (Wildman–Crippen MR) is 62.3 cm³/mol. The minimum atomic E-state index is -0.729. The Balaban J connectivity index is 3.98. The number of hydrogen-bond acceptors (Lipinski definition) is 3. The molecule has 0 rings (SSSR count). The van der Waals surface area contributed by atoms with E-state index < -0.39 is 5.54 Å². The second-order valence-electron chi connectivity index (χ2n) is 4.36. The van der Waals surface area contributed by atoms with Crippen LogP contribution in [0.25, 0.3) is 0 Å². The molecule has 88 valence electrons. The van der Waals surface area contributed by atoms with Crippen LogP contribution in [0.1, 0.15) is 33.1 Å². The van der Waals surface area contributed by atoms with Crippen molar-refractivity contribution in [2.45, 2.75) is 38.6 Å². The molecule has 0 saturated carbocycles. The van der Waals surface area contributed by atoms with Gasteiger partial charge in [-0.3, -0.25) is 4.99 Å². The van der Waals surface area contributed by atoms with Crippen LogP contribution in [0.3, 0.4) is 0 Å². The van der Waals surface area contributed by atoms with E-state index in [0.29, 0.717) is 25.3 Å². The molecule has 0 aliphatic carbocycles. The molecular formula is C10H22N4O. The summed E-state index contributed by atoms with van der Waals surface area (Å²) in [6, 6.07) is 0. The van der Waals surface area contributed by atoms with Crippen molar-refractivity contribution in [3.63, 3.8) is 0 Å². The molecule has 0 aliphatic rings. The zero-order chi connectivity index (χ0) is 11.9. The third kappa shape index (κ3) is 6.90. The maximum Gasteiger partial charge on any atom is 0.185 e. The molecular weight excluding hydrogens is 192 g/mol. The van der Waals surface area contributed by atoms with Crippen molar-refractivity contribution >= 4 is 12.2 Å². The fourth-order valence-corrected chi connectivity index (χ4v) is 1.59. The molecule has 0 aliphatic heterocycles. The van der Waals surface area contributed by atoms with Crippen molar-refractivity contribution in [3.05, 3.63) is 0 Å². The van der Waals surface area contributed by atoms with Gasteiger partial charge in [0.25, 0.3) is 0 Å². The first kappa shape index (κ1) is 13.9.